The maximum absolute atomic E-state index is 14.9. The minimum atomic E-state index is -2.28. The van der Waals surface area contributed by atoms with E-state index in [2.05, 4.69) is 15.9 Å². The zero-order valence-electron chi connectivity index (χ0n) is 10.4. The Labute approximate surface area is 120 Å². The van der Waals surface area contributed by atoms with Gasteiger partial charge in [0.25, 0.3) is 5.56 Å². The molecule has 2 heterocycles. The molecule has 3 N–H and O–H groups in total. The molecule has 0 spiro atoms. The molecule has 1 saturated carbocycles. The van der Waals surface area contributed by atoms with E-state index in [0.717, 1.165) is 17.7 Å². The second-order valence-electron chi connectivity index (χ2n) is 5.38. The van der Waals surface area contributed by atoms with Gasteiger partial charge in [0.1, 0.15) is 11.2 Å². The topological polar surface area (TPSA) is 105 Å². The highest BCUT2D eigenvalue weighted by Gasteiger charge is 2.85. The molecule has 1 aromatic rings. The van der Waals surface area contributed by atoms with Crippen molar-refractivity contribution in [2.24, 2.45) is 0 Å². The van der Waals surface area contributed by atoms with Crippen molar-refractivity contribution in [3.63, 3.8) is 0 Å². The van der Waals surface area contributed by atoms with E-state index in [-0.39, 0.29) is 10.9 Å². The van der Waals surface area contributed by atoms with Crippen LogP contribution in [0.2, 0.25) is 0 Å². The van der Waals surface area contributed by atoms with Gasteiger partial charge in [-0.1, -0.05) is 0 Å². The van der Waals surface area contributed by atoms with Crippen LogP contribution in [-0.4, -0.2) is 43.2 Å². The molecular formula is C11H12BrFN2O5. The summed E-state index contributed by atoms with van der Waals surface area (Å²) in [4.78, 5) is 25.1. The fourth-order valence-electron chi connectivity index (χ4n) is 2.83. The van der Waals surface area contributed by atoms with Gasteiger partial charge >= 0.3 is 5.69 Å². The molecule has 0 unspecified atom stereocenters. The number of alkyl halides is 1. The number of rotatable bonds is 2. The Bertz CT molecular complexity index is 701. The molecule has 1 aliphatic carbocycles. The first-order valence-corrected chi connectivity index (χ1v) is 6.69. The van der Waals surface area contributed by atoms with E-state index in [1.165, 1.54) is 0 Å². The molecule has 110 valence electrons. The number of aliphatic hydroxyl groups is 2. The van der Waals surface area contributed by atoms with Crippen LogP contribution in [0, 0.1) is 0 Å². The molecule has 0 amide bonds. The Balaban J connectivity index is 2.12. The van der Waals surface area contributed by atoms with Crippen molar-refractivity contribution < 1.29 is 19.3 Å². The number of aromatic nitrogens is 2. The number of nitrogens with one attached hydrogen (secondary N) is 1. The van der Waals surface area contributed by atoms with Gasteiger partial charge in [-0.15, -0.1) is 0 Å². The summed E-state index contributed by atoms with van der Waals surface area (Å²) in [6, 6.07) is 0. The Morgan fingerprint density at radius 1 is 1.65 bits per heavy atom. The van der Waals surface area contributed by atoms with Crippen molar-refractivity contribution in [2.75, 3.05) is 6.61 Å². The van der Waals surface area contributed by atoms with E-state index in [0.29, 0.717) is 0 Å². The second-order valence-corrected chi connectivity index (χ2v) is 6.23. The lowest BCUT2D eigenvalue weighted by Crippen LogP contribution is -2.46. The van der Waals surface area contributed by atoms with Crippen LogP contribution >= 0.6 is 15.9 Å². The van der Waals surface area contributed by atoms with Gasteiger partial charge in [0, 0.05) is 12.6 Å². The van der Waals surface area contributed by atoms with Gasteiger partial charge in [-0.3, -0.25) is 14.3 Å². The van der Waals surface area contributed by atoms with Gasteiger partial charge < -0.3 is 14.9 Å². The first-order valence-electron chi connectivity index (χ1n) is 5.89. The summed E-state index contributed by atoms with van der Waals surface area (Å²) in [5, 5.41) is 19.5. The number of fused-ring (bicyclic) bond motifs is 1. The highest BCUT2D eigenvalue weighted by molar-refractivity contribution is 9.10. The molecule has 20 heavy (non-hydrogen) atoms. The minimum Gasteiger partial charge on any atom is -0.393 e. The lowest BCUT2D eigenvalue weighted by Gasteiger charge is -2.28. The van der Waals surface area contributed by atoms with E-state index in [1.807, 2.05) is 4.98 Å². The third kappa shape index (κ3) is 1.43. The number of halogens is 2. The molecule has 1 aromatic heterocycles. The number of aliphatic hydroxyl groups excluding tert-OH is 1. The van der Waals surface area contributed by atoms with Crippen molar-refractivity contribution in [3.8, 4) is 0 Å². The number of nitrogens with zero attached hydrogens (tertiary/aromatic N) is 1. The fraction of sp³-hybridized carbons (Fsp3) is 0.636. The SMILES string of the molecule is C[C@]1(F)[C@H](n2cc(Br)c(=O)[nH]c2=O)O[C@@]2(CO)C[C@@]21O. The van der Waals surface area contributed by atoms with E-state index in [9.17, 15) is 24.2 Å². The van der Waals surface area contributed by atoms with Crippen LogP contribution < -0.4 is 11.2 Å². The number of H-pyrrole nitrogens is 1. The molecule has 2 aliphatic rings. The lowest BCUT2D eigenvalue weighted by atomic mass is 9.96. The van der Waals surface area contributed by atoms with Crippen LogP contribution in [0.3, 0.4) is 0 Å². The van der Waals surface area contributed by atoms with Gasteiger partial charge in [-0.2, -0.15) is 0 Å². The summed E-state index contributed by atoms with van der Waals surface area (Å²) < 4.78 is 21.2. The van der Waals surface area contributed by atoms with Crippen LogP contribution in [0.5, 0.6) is 0 Å². The average molecular weight is 351 g/mol. The smallest absolute Gasteiger partial charge is 0.330 e. The average Bonchev–Trinajstić information content (AvgIpc) is 2.94. The molecular weight excluding hydrogens is 339 g/mol. The standard InChI is InChI=1S/C11H12BrFN2O5/c1-9(13)7(20-10(4-16)3-11(9,10)19)15-2-5(12)6(17)14-8(15)18/h2,7,16,19H,3-4H2,1H3,(H,14,17,18)/t7-,9+,10-,11+/m1/s1. The zero-order chi connectivity index (χ0) is 14.9. The quantitative estimate of drug-likeness (QED) is 0.662. The van der Waals surface area contributed by atoms with Gasteiger partial charge in [-0.05, 0) is 22.9 Å². The molecule has 4 atom stereocenters. The molecule has 0 bridgehead atoms. The lowest BCUT2D eigenvalue weighted by molar-refractivity contribution is -0.107. The molecule has 3 rings (SSSR count). The van der Waals surface area contributed by atoms with E-state index in [4.69, 9.17) is 4.74 Å². The highest BCUT2D eigenvalue weighted by Crippen LogP contribution is 2.68. The van der Waals surface area contributed by atoms with Crippen molar-refractivity contribution in [1.82, 2.24) is 9.55 Å². The molecule has 7 nitrogen and oxygen atoms in total. The molecule has 1 aliphatic heterocycles. The van der Waals surface area contributed by atoms with Gasteiger partial charge in [-0.25, -0.2) is 9.18 Å². The molecule has 1 saturated heterocycles. The highest BCUT2D eigenvalue weighted by atomic mass is 79.9. The van der Waals surface area contributed by atoms with Crippen LogP contribution in [0.1, 0.15) is 19.6 Å². The van der Waals surface area contributed by atoms with E-state index in [1.54, 1.807) is 0 Å². The summed E-state index contributed by atoms with van der Waals surface area (Å²) in [7, 11) is 0. The summed E-state index contributed by atoms with van der Waals surface area (Å²) >= 11 is 2.94. The monoisotopic (exact) mass is 350 g/mol. The maximum Gasteiger partial charge on any atom is 0.330 e. The second kappa shape index (κ2) is 3.79. The fourth-order valence-corrected chi connectivity index (χ4v) is 3.15. The third-order valence-electron chi connectivity index (χ3n) is 4.21. The van der Waals surface area contributed by atoms with Crippen molar-refractivity contribution >= 4 is 15.9 Å². The minimum absolute atomic E-state index is 0.0297. The van der Waals surface area contributed by atoms with Crippen LogP contribution in [-0.2, 0) is 4.74 Å². The number of hydrogen-bond acceptors (Lipinski definition) is 5. The van der Waals surface area contributed by atoms with Crippen LogP contribution in [0.25, 0.3) is 0 Å². The predicted octanol–water partition coefficient (Wildman–Crippen LogP) is -0.578. The Morgan fingerprint density at radius 3 is 2.85 bits per heavy atom. The molecule has 0 radical (unpaired) electrons. The van der Waals surface area contributed by atoms with E-state index < -0.39 is 41.0 Å². The maximum atomic E-state index is 14.9. The van der Waals surface area contributed by atoms with Gasteiger partial charge in [0.15, 0.2) is 11.9 Å². The van der Waals surface area contributed by atoms with Crippen LogP contribution in [0.4, 0.5) is 4.39 Å². The summed E-state index contributed by atoms with van der Waals surface area (Å²) in [6.07, 6.45) is -0.378. The summed E-state index contributed by atoms with van der Waals surface area (Å²) in [5.74, 6) is 0. The largest absolute Gasteiger partial charge is 0.393 e. The Morgan fingerprint density at radius 2 is 2.30 bits per heavy atom. The van der Waals surface area contributed by atoms with Crippen molar-refractivity contribution in [3.05, 3.63) is 31.5 Å². The predicted molar refractivity (Wildman–Crippen MR) is 68.0 cm³/mol. The number of ether oxygens (including phenoxy) is 1. The number of aromatic amines is 1. The van der Waals surface area contributed by atoms with E-state index >= 15 is 0 Å². The van der Waals surface area contributed by atoms with Gasteiger partial charge in [0.05, 0.1) is 11.1 Å². The van der Waals surface area contributed by atoms with Gasteiger partial charge in [0.2, 0.25) is 0 Å². The third-order valence-corrected chi connectivity index (χ3v) is 4.78. The number of hydrogen-bond donors (Lipinski definition) is 3. The Hall–Kier alpha value is -1.03. The first-order chi connectivity index (χ1) is 9.18. The Kier molecular flexibility index (Phi) is 2.64. The van der Waals surface area contributed by atoms with Crippen molar-refractivity contribution in [2.45, 2.75) is 36.4 Å². The van der Waals surface area contributed by atoms with Crippen LogP contribution in [0.15, 0.2) is 20.3 Å². The molecule has 2 fully saturated rings. The summed E-state index contributed by atoms with van der Waals surface area (Å²) in [5.41, 5.74) is -7.03. The molecule has 0 aromatic carbocycles. The molecule has 9 heteroatoms. The first kappa shape index (κ1) is 13.9. The van der Waals surface area contributed by atoms with Crippen molar-refractivity contribution in [1.29, 1.82) is 0 Å². The zero-order valence-corrected chi connectivity index (χ0v) is 12.0. The normalized spacial score (nSPS) is 42.5. The summed E-state index contributed by atoms with van der Waals surface area (Å²) in [6.45, 7) is 0.548.